The summed E-state index contributed by atoms with van der Waals surface area (Å²) >= 11 is 0. The number of nitrogens with one attached hydrogen (secondary N) is 3. The molecule has 2 heterocycles. The molecule has 3 N–H and O–H groups in total. The predicted molar refractivity (Wildman–Crippen MR) is 100 cm³/mol. The maximum Gasteiger partial charge on any atom is 0.273 e. The van der Waals surface area contributed by atoms with Crippen molar-refractivity contribution in [1.29, 1.82) is 0 Å². The van der Waals surface area contributed by atoms with Gasteiger partial charge in [-0.1, -0.05) is 0 Å². The quantitative estimate of drug-likeness (QED) is 0.733. The van der Waals surface area contributed by atoms with E-state index in [0.29, 0.717) is 17.5 Å². The maximum absolute atomic E-state index is 12.1. The Labute approximate surface area is 152 Å². The van der Waals surface area contributed by atoms with E-state index >= 15 is 0 Å². The third-order valence-electron chi connectivity index (χ3n) is 4.14. The van der Waals surface area contributed by atoms with Gasteiger partial charge in [-0.05, 0) is 52.2 Å². The molecular formula is C18H27N5O3. The van der Waals surface area contributed by atoms with E-state index in [9.17, 15) is 14.4 Å². The van der Waals surface area contributed by atoms with Gasteiger partial charge in [0.1, 0.15) is 0 Å². The van der Waals surface area contributed by atoms with E-state index in [-0.39, 0.29) is 35.9 Å². The lowest BCUT2D eigenvalue weighted by molar-refractivity contribution is -0.126. The van der Waals surface area contributed by atoms with Gasteiger partial charge in [-0.3, -0.25) is 24.2 Å². The van der Waals surface area contributed by atoms with Gasteiger partial charge in [-0.15, -0.1) is 0 Å². The second kappa shape index (κ2) is 7.31. The molecule has 0 saturated heterocycles. The van der Waals surface area contributed by atoms with Gasteiger partial charge in [0.2, 0.25) is 11.8 Å². The summed E-state index contributed by atoms with van der Waals surface area (Å²) in [4.78, 5) is 40.4. The Morgan fingerprint density at radius 3 is 2.46 bits per heavy atom. The Bertz CT molecular complexity index is 902. The van der Waals surface area contributed by atoms with E-state index in [1.807, 2.05) is 34.6 Å². The molecule has 0 unspecified atom stereocenters. The van der Waals surface area contributed by atoms with E-state index in [0.717, 1.165) is 16.8 Å². The van der Waals surface area contributed by atoms with Gasteiger partial charge in [-0.2, -0.15) is 0 Å². The van der Waals surface area contributed by atoms with Crippen LogP contribution in [0, 0.1) is 13.8 Å². The fourth-order valence-corrected chi connectivity index (χ4v) is 2.98. The number of carbonyl (C=O) groups excluding carboxylic acids is 2. The molecule has 0 aliphatic carbocycles. The molecule has 0 atom stereocenters. The molecule has 0 fully saturated rings. The number of aryl methyl sites for hydroxylation is 3. The van der Waals surface area contributed by atoms with Crippen molar-refractivity contribution in [3.05, 3.63) is 27.2 Å². The van der Waals surface area contributed by atoms with Crippen LogP contribution in [0.5, 0.6) is 0 Å². The van der Waals surface area contributed by atoms with Crippen molar-refractivity contribution in [2.24, 2.45) is 7.05 Å². The fourth-order valence-electron chi connectivity index (χ4n) is 2.98. The minimum absolute atomic E-state index is 0.0519. The van der Waals surface area contributed by atoms with Crippen molar-refractivity contribution in [2.45, 2.75) is 53.0 Å². The van der Waals surface area contributed by atoms with E-state index in [1.165, 1.54) is 0 Å². The van der Waals surface area contributed by atoms with Crippen molar-refractivity contribution >= 4 is 22.8 Å². The summed E-state index contributed by atoms with van der Waals surface area (Å²) in [6, 6.07) is 0. The van der Waals surface area contributed by atoms with Crippen molar-refractivity contribution < 1.29 is 9.59 Å². The van der Waals surface area contributed by atoms with Gasteiger partial charge in [0.15, 0.2) is 5.65 Å². The normalized spacial score (nSPS) is 11.6. The molecule has 2 rings (SSSR count). The van der Waals surface area contributed by atoms with Crippen molar-refractivity contribution in [3.8, 4) is 0 Å². The SMILES string of the molecule is Cc1nc2c(c(C)c1CCC(=O)NCC(=O)NC(C)(C)C)c(=O)[nH]n2C. The van der Waals surface area contributed by atoms with Crippen molar-refractivity contribution in [2.75, 3.05) is 6.54 Å². The van der Waals surface area contributed by atoms with Gasteiger partial charge < -0.3 is 10.6 Å². The predicted octanol–water partition coefficient (Wildman–Crippen LogP) is 0.842. The zero-order chi connectivity index (χ0) is 19.6. The molecule has 0 aliphatic rings. The van der Waals surface area contributed by atoms with E-state index in [4.69, 9.17) is 0 Å². The average Bonchev–Trinajstić information content (AvgIpc) is 2.77. The largest absolute Gasteiger partial charge is 0.350 e. The molecule has 0 bridgehead atoms. The van der Waals surface area contributed by atoms with Crippen LogP contribution in [-0.4, -0.2) is 38.7 Å². The van der Waals surface area contributed by atoms with Crippen LogP contribution in [0.4, 0.5) is 0 Å². The number of H-pyrrole nitrogens is 1. The van der Waals surface area contributed by atoms with Crippen LogP contribution >= 0.6 is 0 Å². The summed E-state index contributed by atoms with van der Waals surface area (Å²) in [6.07, 6.45) is 0.685. The number of hydrogen-bond acceptors (Lipinski definition) is 4. The number of pyridine rings is 1. The zero-order valence-electron chi connectivity index (χ0n) is 16.2. The van der Waals surface area contributed by atoms with Crippen molar-refractivity contribution in [1.82, 2.24) is 25.4 Å². The number of fused-ring (bicyclic) bond motifs is 1. The first-order chi connectivity index (χ1) is 12.0. The summed E-state index contributed by atoms with van der Waals surface area (Å²) in [5, 5.41) is 8.67. The molecule has 8 nitrogen and oxygen atoms in total. The van der Waals surface area contributed by atoms with Gasteiger partial charge in [0.25, 0.3) is 5.56 Å². The molecule has 26 heavy (non-hydrogen) atoms. The van der Waals surface area contributed by atoms with Crippen LogP contribution < -0.4 is 16.2 Å². The topological polar surface area (TPSA) is 109 Å². The molecule has 0 aromatic carbocycles. The van der Waals surface area contributed by atoms with Gasteiger partial charge in [0.05, 0.1) is 11.9 Å². The second-order valence-corrected chi connectivity index (χ2v) is 7.57. The molecule has 142 valence electrons. The van der Waals surface area contributed by atoms with Crippen LogP contribution in [-0.2, 0) is 23.1 Å². The molecule has 2 aromatic rings. The zero-order valence-corrected chi connectivity index (χ0v) is 16.2. The number of hydrogen-bond donors (Lipinski definition) is 3. The van der Waals surface area contributed by atoms with Crippen LogP contribution in [0.15, 0.2) is 4.79 Å². The van der Waals surface area contributed by atoms with Crippen LogP contribution in [0.1, 0.15) is 44.0 Å². The summed E-state index contributed by atoms with van der Waals surface area (Å²) in [5.41, 5.74) is 2.62. The minimum Gasteiger partial charge on any atom is -0.350 e. The molecule has 0 saturated carbocycles. The van der Waals surface area contributed by atoms with Gasteiger partial charge in [0, 0.05) is 24.7 Å². The fraction of sp³-hybridized carbons (Fsp3) is 0.556. The molecule has 8 heteroatoms. The lowest BCUT2D eigenvalue weighted by Crippen LogP contribution is -2.45. The number of rotatable bonds is 5. The monoisotopic (exact) mass is 361 g/mol. The smallest absolute Gasteiger partial charge is 0.273 e. The van der Waals surface area contributed by atoms with E-state index in [2.05, 4.69) is 20.7 Å². The highest BCUT2D eigenvalue weighted by Gasteiger charge is 2.17. The van der Waals surface area contributed by atoms with Crippen molar-refractivity contribution in [3.63, 3.8) is 0 Å². The number of aromatic nitrogens is 3. The Hall–Kier alpha value is -2.64. The lowest BCUT2D eigenvalue weighted by Gasteiger charge is -2.20. The van der Waals surface area contributed by atoms with Gasteiger partial charge >= 0.3 is 0 Å². The Morgan fingerprint density at radius 1 is 1.19 bits per heavy atom. The number of nitrogens with zero attached hydrogens (tertiary/aromatic N) is 2. The first-order valence-corrected chi connectivity index (χ1v) is 8.62. The molecule has 2 amide bonds. The number of aromatic amines is 1. The van der Waals surface area contributed by atoms with Crippen LogP contribution in [0.2, 0.25) is 0 Å². The Kier molecular flexibility index (Phi) is 5.53. The second-order valence-electron chi connectivity index (χ2n) is 7.57. The first-order valence-electron chi connectivity index (χ1n) is 8.62. The van der Waals surface area contributed by atoms with Crippen LogP contribution in [0.3, 0.4) is 0 Å². The van der Waals surface area contributed by atoms with E-state index in [1.54, 1.807) is 11.7 Å². The van der Waals surface area contributed by atoms with E-state index < -0.39 is 0 Å². The first kappa shape index (κ1) is 19.7. The highest BCUT2D eigenvalue weighted by molar-refractivity contribution is 5.85. The maximum atomic E-state index is 12.1. The highest BCUT2D eigenvalue weighted by atomic mass is 16.2. The average molecular weight is 361 g/mol. The molecule has 0 spiro atoms. The third-order valence-corrected chi connectivity index (χ3v) is 4.14. The summed E-state index contributed by atoms with van der Waals surface area (Å²) in [6.45, 7) is 9.33. The lowest BCUT2D eigenvalue weighted by atomic mass is 10.0. The Balaban J connectivity index is 2.03. The summed E-state index contributed by atoms with van der Waals surface area (Å²) in [7, 11) is 1.74. The number of amides is 2. The number of carbonyl (C=O) groups is 2. The third kappa shape index (κ3) is 4.50. The molecular weight excluding hydrogens is 334 g/mol. The molecule has 0 radical (unpaired) electrons. The Morgan fingerprint density at radius 2 is 1.85 bits per heavy atom. The summed E-state index contributed by atoms with van der Waals surface area (Å²) < 4.78 is 1.60. The highest BCUT2D eigenvalue weighted by Crippen LogP contribution is 2.20. The standard InChI is InChI=1S/C18H27N5O3/c1-10-12(11(2)20-16-15(10)17(26)22-23(16)6)7-8-13(24)19-9-14(25)21-18(3,4)5/h7-9H2,1-6H3,(H,19,24)(H,21,25)(H,22,26). The van der Waals surface area contributed by atoms with Gasteiger partial charge in [-0.25, -0.2) is 4.98 Å². The molecule has 0 aliphatic heterocycles. The molecule has 2 aromatic heterocycles. The minimum atomic E-state index is -0.333. The summed E-state index contributed by atoms with van der Waals surface area (Å²) in [5.74, 6) is -0.438. The van der Waals surface area contributed by atoms with Crippen LogP contribution in [0.25, 0.3) is 11.0 Å².